The van der Waals surface area contributed by atoms with Gasteiger partial charge in [-0.3, -0.25) is 0 Å². The van der Waals surface area contributed by atoms with Gasteiger partial charge in [0.15, 0.2) is 0 Å². The molecule has 0 radical (unpaired) electrons. The van der Waals surface area contributed by atoms with Gasteiger partial charge in [0.05, 0.1) is 18.1 Å². The number of fused-ring (bicyclic) bond motifs is 3. The molecule has 3 rings (SSSR count). The summed E-state index contributed by atoms with van der Waals surface area (Å²) in [5, 5.41) is 10.7. The molecule has 3 fully saturated rings. The number of aliphatic hydroxyl groups is 1. The van der Waals surface area contributed by atoms with Crippen LogP contribution in [0.2, 0.25) is 0 Å². The monoisotopic (exact) mass is 320 g/mol. The Morgan fingerprint density at radius 1 is 1.43 bits per heavy atom. The molecule has 1 saturated heterocycles. The molecule has 128 valence electrons. The highest BCUT2D eigenvalue weighted by atomic mass is 16.6. The van der Waals surface area contributed by atoms with Crippen molar-refractivity contribution in [2.45, 2.75) is 58.3 Å². The number of carbonyl (C=O) groups is 1. The third-order valence-electron chi connectivity index (χ3n) is 5.93. The van der Waals surface area contributed by atoms with E-state index in [0.29, 0.717) is 24.5 Å². The highest BCUT2D eigenvalue weighted by Crippen LogP contribution is 2.57. The minimum Gasteiger partial charge on any atom is -0.458 e. The Kier molecular flexibility index (Phi) is 4.18. The largest absolute Gasteiger partial charge is 0.458 e. The van der Waals surface area contributed by atoms with Crippen LogP contribution in [0.3, 0.4) is 0 Å². The van der Waals surface area contributed by atoms with Crippen molar-refractivity contribution >= 4 is 5.97 Å². The second-order valence-electron chi connectivity index (χ2n) is 8.09. The molecule has 0 bridgehead atoms. The highest BCUT2D eigenvalue weighted by Gasteiger charge is 2.61. The molecule has 1 aliphatic heterocycles. The van der Waals surface area contributed by atoms with E-state index in [1.54, 1.807) is 0 Å². The predicted octanol–water partition coefficient (Wildman–Crippen LogP) is 2.86. The molecule has 6 unspecified atom stereocenters. The molecule has 1 heterocycles. The standard InChI is InChI=1S/C19H28O4/c1-10(2)9-22-13-8-19(5)14(20)7-6-11(3)16(19)17-15(13)12(4)18(21)23-17/h10,13-17,20H,3-4,6-9H2,1-2,5H3. The molecule has 4 nitrogen and oxygen atoms in total. The Morgan fingerprint density at radius 3 is 2.78 bits per heavy atom. The van der Waals surface area contributed by atoms with Gasteiger partial charge in [0.25, 0.3) is 0 Å². The summed E-state index contributed by atoms with van der Waals surface area (Å²) in [5.41, 5.74) is 1.24. The first-order valence-electron chi connectivity index (χ1n) is 8.62. The zero-order valence-corrected chi connectivity index (χ0v) is 14.4. The molecule has 0 aromatic carbocycles. The average Bonchev–Trinajstić information content (AvgIpc) is 2.76. The van der Waals surface area contributed by atoms with Gasteiger partial charge >= 0.3 is 5.97 Å². The van der Waals surface area contributed by atoms with Crippen LogP contribution in [0.25, 0.3) is 0 Å². The van der Waals surface area contributed by atoms with Crippen molar-refractivity contribution in [1.82, 2.24) is 0 Å². The quantitative estimate of drug-likeness (QED) is 0.493. The van der Waals surface area contributed by atoms with Gasteiger partial charge in [-0.05, 0) is 25.2 Å². The SMILES string of the molecule is C=C1C(=O)OC2C1C(OCC(C)C)CC1(C)C(O)CCC(=C)C21. The van der Waals surface area contributed by atoms with Gasteiger partial charge in [0.2, 0.25) is 0 Å². The number of hydrogen-bond acceptors (Lipinski definition) is 4. The van der Waals surface area contributed by atoms with Crippen LogP contribution in [0.4, 0.5) is 0 Å². The van der Waals surface area contributed by atoms with E-state index in [4.69, 9.17) is 9.47 Å². The summed E-state index contributed by atoms with van der Waals surface area (Å²) in [6.45, 7) is 15.1. The van der Waals surface area contributed by atoms with Crippen molar-refractivity contribution in [3.05, 3.63) is 24.3 Å². The van der Waals surface area contributed by atoms with Crippen molar-refractivity contribution in [2.75, 3.05) is 6.61 Å². The topological polar surface area (TPSA) is 55.8 Å². The molecule has 2 saturated carbocycles. The lowest BCUT2D eigenvalue weighted by Crippen LogP contribution is -2.58. The van der Waals surface area contributed by atoms with Crippen LogP contribution < -0.4 is 0 Å². The van der Waals surface area contributed by atoms with Gasteiger partial charge in [-0.15, -0.1) is 0 Å². The first-order valence-corrected chi connectivity index (χ1v) is 8.62. The third kappa shape index (κ3) is 2.56. The molecule has 2 aliphatic carbocycles. The summed E-state index contributed by atoms with van der Waals surface area (Å²) in [5.74, 6) is -0.0495. The lowest BCUT2D eigenvalue weighted by Gasteiger charge is -2.54. The van der Waals surface area contributed by atoms with Crippen molar-refractivity contribution in [1.29, 1.82) is 0 Å². The van der Waals surface area contributed by atoms with Crippen molar-refractivity contribution in [3.8, 4) is 0 Å². The second-order valence-corrected chi connectivity index (χ2v) is 8.09. The van der Waals surface area contributed by atoms with Crippen LogP contribution in [0.1, 0.15) is 40.0 Å². The van der Waals surface area contributed by atoms with E-state index in [-0.39, 0.29) is 35.4 Å². The summed E-state index contributed by atoms with van der Waals surface area (Å²) in [7, 11) is 0. The van der Waals surface area contributed by atoms with E-state index in [1.807, 2.05) is 0 Å². The normalized spacial score (nSPS) is 43.3. The van der Waals surface area contributed by atoms with Crippen molar-refractivity contribution in [2.24, 2.45) is 23.2 Å². The molecule has 0 amide bonds. The average molecular weight is 320 g/mol. The smallest absolute Gasteiger partial charge is 0.334 e. The molecule has 3 aliphatic rings. The van der Waals surface area contributed by atoms with Crippen LogP contribution in [-0.2, 0) is 14.3 Å². The Balaban J connectivity index is 1.96. The van der Waals surface area contributed by atoms with Crippen LogP contribution in [0.15, 0.2) is 24.3 Å². The van der Waals surface area contributed by atoms with E-state index >= 15 is 0 Å². The Hall–Kier alpha value is -1.13. The fourth-order valence-corrected chi connectivity index (χ4v) is 4.71. The number of carbonyl (C=O) groups excluding carboxylic acids is 1. The predicted molar refractivity (Wildman–Crippen MR) is 87.7 cm³/mol. The van der Waals surface area contributed by atoms with E-state index in [2.05, 4.69) is 33.9 Å². The molecule has 23 heavy (non-hydrogen) atoms. The van der Waals surface area contributed by atoms with Crippen molar-refractivity contribution < 1.29 is 19.4 Å². The molecule has 4 heteroatoms. The van der Waals surface area contributed by atoms with Gasteiger partial charge in [-0.2, -0.15) is 0 Å². The molecule has 0 spiro atoms. The molecule has 6 atom stereocenters. The van der Waals surface area contributed by atoms with Gasteiger partial charge in [-0.25, -0.2) is 4.79 Å². The summed E-state index contributed by atoms with van der Waals surface area (Å²) in [6, 6.07) is 0. The van der Waals surface area contributed by atoms with E-state index in [9.17, 15) is 9.90 Å². The Bertz CT molecular complexity index is 537. The summed E-state index contributed by atoms with van der Waals surface area (Å²) in [6.07, 6.45) is 1.36. The zero-order valence-electron chi connectivity index (χ0n) is 14.4. The fraction of sp³-hybridized carbons (Fsp3) is 0.737. The second kappa shape index (κ2) is 5.75. The summed E-state index contributed by atoms with van der Waals surface area (Å²) < 4.78 is 11.8. The summed E-state index contributed by atoms with van der Waals surface area (Å²) in [4.78, 5) is 12.1. The highest BCUT2D eigenvalue weighted by molar-refractivity contribution is 5.91. The number of aliphatic hydroxyl groups excluding tert-OH is 1. The van der Waals surface area contributed by atoms with Crippen LogP contribution in [0, 0.1) is 23.2 Å². The third-order valence-corrected chi connectivity index (χ3v) is 5.93. The van der Waals surface area contributed by atoms with Crippen LogP contribution >= 0.6 is 0 Å². The lowest BCUT2D eigenvalue weighted by molar-refractivity contribution is -0.169. The maximum Gasteiger partial charge on any atom is 0.334 e. The number of esters is 1. The van der Waals surface area contributed by atoms with Gasteiger partial charge < -0.3 is 14.6 Å². The lowest BCUT2D eigenvalue weighted by atomic mass is 9.53. The van der Waals surface area contributed by atoms with E-state index < -0.39 is 6.10 Å². The molecular formula is C19H28O4. The van der Waals surface area contributed by atoms with Crippen LogP contribution in [0.5, 0.6) is 0 Å². The maximum atomic E-state index is 12.1. The number of rotatable bonds is 3. The first-order chi connectivity index (χ1) is 10.8. The zero-order chi connectivity index (χ0) is 16.9. The van der Waals surface area contributed by atoms with Gasteiger partial charge in [-0.1, -0.05) is 39.5 Å². The fourth-order valence-electron chi connectivity index (χ4n) is 4.71. The van der Waals surface area contributed by atoms with E-state index in [1.165, 1.54) is 0 Å². The molecule has 0 aromatic heterocycles. The Labute approximate surface area is 138 Å². The van der Waals surface area contributed by atoms with Gasteiger partial charge in [0.1, 0.15) is 6.10 Å². The van der Waals surface area contributed by atoms with Gasteiger partial charge in [0, 0.05) is 23.5 Å². The minimum absolute atomic E-state index is 0.0154. The molecular weight excluding hydrogens is 292 g/mol. The first kappa shape index (κ1) is 16.7. The maximum absolute atomic E-state index is 12.1. The summed E-state index contributed by atoms with van der Waals surface area (Å²) >= 11 is 0. The van der Waals surface area contributed by atoms with Crippen LogP contribution in [-0.4, -0.2) is 36.0 Å². The van der Waals surface area contributed by atoms with E-state index in [0.717, 1.165) is 18.4 Å². The number of hydrogen-bond donors (Lipinski definition) is 1. The Morgan fingerprint density at radius 2 is 2.13 bits per heavy atom. The number of ether oxygens (including phenoxy) is 2. The molecule has 0 aromatic rings. The molecule has 1 N–H and O–H groups in total. The van der Waals surface area contributed by atoms with Crippen molar-refractivity contribution in [3.63, 3.8) is 0 Å². The minimum atomic E-state index is -0.420.